The Kier molecular flexibility index (Phi) is 5.93. The number of hydrogen-bond acceptors (Lipinski definition) is 4. The molecule has 0 saturated carbocycles. The van der Waals surface area contributed by atoms with E-state index >= 15 is 0 Å². The topological polar surface area (TPSA) is 63.9 Å². The van der Waals surface area contributed by atoms with Crippen molar-refractivity contribution in [2.75, 3.05) is 6.54 Å². The molecule has 2 atom stereocenters. The van der Waals surface area contributed by atoms with E-state index in [0.717, 1.165) is 54.9 Å². The van der Waals surface area contributed by atoms with E-state index in [0.29, 0.717) is 11.5 Å². The lowest BCUT2D eigenvalue weighted by Gasteiger charge is -2.40. The second kappa shape index (κ2) is 8.78. The average Bonchev–Trinajstić information content (AvgIpc) is 3.28. The number of aryl methyl sites for hydroxylation is 3. The van der Waals surface area contributed by atoms with E-state index in [4.69, 9.17) is 0 Å². The van der Waals surface area contributed by atoms with Gasteiger partial charge < -0.3 is 4.90 Å². The van der Waals surface area contributed by atoms with E-state index in [1.807, 2.05) is 56.4 Å². The Morgan fingerprint density at radius 2 is 2.03 bits per heavy atom. The van der Waals surface area contributed by atoms with E-state index in [1.54, 1.807) is 10.9 Å². The zero-order valence-electron chi connectivity index (χ0n) is 18.0. The summed E-state index contributed by atoms with van der Waals surface area (Å²) >= 11 is 0. The highest BCUT2D eigenvalue weighted by Crippen LogP contribution is 2.29. The Bertz CT molecular complexity index is 997. The normalized spacial score (nSPS) is 19.1. The standard InChI is InChI=1S/C24H29N5O/c1-17-7-11-23(29-15-5-13-25-29)21(16-17)24(30)28-14-4-6-18(2)22(28)12-10-20-9-8-19(3)26-27-20/h5,7-9,11,13,15-16,18,22H,4,6,10,12,14H2,1-3H3/t18-,22?/m1/s1. The first kappa shape index (κ1) is 20.3. The molecule has 3 heterocycles. The van der Waals surface area contributed by atoms with Crippen LogP contribution < -0.4 is 0 Å². The molecule has 156 valence electrons. The Hall–Kier alpha value is -3.02. The maximum atomic E-state index is 13.7. The molecule has 0 spiro atoms. The van der Waals surface area contributed by atoms with Gasteiger partial charge in [-0.1, -0.05) is 18.6 Å². The second-order valence-electron chi connectivity index (χ2n) is 8.36. The van der Waals surface area contributed by atoms with Crippen LogP contribution in [-0.4, -0.2) is 43.4 Å². The molecule has 1 saturated heterocycles. The number of rotatable bonds is 5. The molecule has 6 nitrogen and oxygen atoms in total. The third kappa shape index (κ3) is 4.27. The van der Waals surface area contributed by atoms with Gasteiger partial charge in [-0.15, -0.1) is 0 Å². The molecule has 1 amide bonds. The van der Waals surface area contributed by atoms with Crippen LogP contribution in [0.5, 0.6) is 0 Å². The number of aromatic nitrogens is 4. The fourth-order valence-electron chi connectivity index (χ4n) is 4.38. The van der Waals surface area contributed by atoms with Gasteiger partial charge in [-0.3, -0.25) is 4.79 Å². The van der Waals surface area contributed by atoms with Crippen LogP contribution in [0, 0.1) is 19.8 Å². The van der Waals surface area contributed by atoms with Crippen molar-refractivity contribution in [1.82, 2.24) is 24.9 Å². The lowest BCUT2D eigenvalue weighted by atomic mass is 9.86. The van der Waals surface area contributed by atoms with Crippen molar-refractivity contribution >= 4 is 5.91 Å². The smallest absolute Gasteiger partial charge is 0.256 e. The Morgan fingerprint density at radius 1 is 1.17 bits per heavy atom. The van der Waals surface area contributed by atoms with E-state index in [-0.39, 0.29) is 11.9 Å². The number of carbonyl (C=O) groups excluding carboxylic acids is 1. The zero-order valence-corrected chi connectivity index (χ0v) is 18.0. The molecule has 0 bridgehead atoms. The van der Waals surface area contributed by atoms with Crippen molar-refractivity contribution in [3.63, 3.8) is 0 Å². The van der Waals surface area contributed by atoms with Crippen LogP contribution in [0.2, 0.25) is 0 Å². The molecule has 0 radical (unpaired) electrons. The number of likely N-dealkylation sites (tertiary alicyclic amines) is 1. The van der Waals surface area contributed by atoms with E-state index < -0.39 is 0 Å². The van der Waals surface area contributed by atoms with Crippen LogP contribution in [-0.2, 0) is 6.42 Å². The highest BCUT2D eigenvalue weighted by molar-refractivity contribution is 5.98. The van der Waals surface area contributed by atoms with Crippen molar-refractivity contribution < 1.29 is 4.79 Å². The minimum atomic E-state index is 0.0933. The van der Waals surface area contributed by atoms with Gasteiger partial charge in [0.25, 0.3) is 5.91 Å². The predicted octanol–water partition coefficient (Wildman–Crippen LogP) is 4.15. The van der Waals surface area contributed by atoms with Crippen molar-refractivity contribution in [2.45, 2.75) is 52.5 Å². The van der Waals surface area contributed by atoms with Gasteiger partial charge in [0.15, 0.2) is 0 Å². The van der Waals surface area contributed by atoms with Crippen molar-refractivity contribution in [3.05, 3.63) is 71.3 Å². The van der Waals surface area contributed by atoms with Crippen LogP contribution in [0.25, 0.3) is 5.69 Å². The fourth-order valence-corrected chi connectivity index (χ4v) is 4.38. The summed E-state index contributed by atoms with van der Waals surface area (Å²) < 4.78 is 1.77. The van der Waals surface area contributed by atoms with Crippen LogP contribution in [0.1, 0.15) is 53.5 Å². The Labute approximate surface area is 177 Å². The van der Waals surface area contributed by atoms with E-state index in [2.05, 4.69) is 27.1 Å². The lowest BCUT2D eigenvalue weighted by Crippen LogP contribution is -2.48. The van der Waals surface area contributed by atoms with Crippen LogP contribution in [0.4, 0.5) is 0 Å². The number of hydrogen-bond donors (Lipinski definition) is 0. The molecule has 1 aliphatic rings. The van der Waals surface area contributed by atoms with Crippen LogP contribution in [0.3, 0.4) is 0 Å². The van der Waals surface area contributed by atoms with Gasteiger partial charge in [-0.2, -0.15) is 15.3 Å². The van der Waals surface area contributed by atoms with Crippen molar-refractivity contribution in [3.8, 4) is 5.69 Å². The Morgan fingerprint density at radius 3 is 2.77 bits per heavy atom. The minimum Gasteiger partial charge on any atom is -0.335 e. The highest BCUT2D eigenvalue weighted by atomic mass is 16.2. The van der Waals surface area contributed by atoms with E-state index in [1.165, 1.54) is 0 Å². The molecule has 3 aromatic rings. The number of carbonyl (C=O) groups is 1. The third-order valence-corrected chi connectivity index (χ3v) is 6.06. The third-order valence-electron chi connectivity index (χ3n) is 6.06. The number of piperidine rings is 1. The maximum Gasteiger partial charge on any atom is 0.256 e. The average molecular weight is 404 g/mol. The fraction of sp³-hybridized carbons (Fsp3) is 0.417. The first-order valence-corrected chi connectivity index (χ1v) is 10.7. The molecule has 30 heavy (non-hydrogen) atoms. The van der Waals surface area contributed by atoms with Gasteiger partial charge in [0, 0.05) is 25.0 Å². The predicted molar refractivity (Wildman–Crippen MR) is 117 cm³/mol. The summed E-state index contributed by atoms with van der Waals surface area (Å²) in [4.78, 5) is 15.8. The molecule has 1 unspecified atom stereocenters. The summed E-state index contributed by atoms with van der Waals surface area (Å²) in [6, 6.07) is 12.1. The lowest BCUT2D eigenvalue weighted by molar-refractivity contribution is 0.0498. The van der Waals surface area contributed by atoms with Gasteiger partial charge in [-0.25, -0.2) is 4.68 Å². The van der Waals surface area contributed by atoms with Gasteiger partial charge in [0.2, 0.25) is 0 Å². The first-order chi connectivity index (χ1) is 14.5. The largest absolute Gasteiger partial charge is 0.335 e. The molecule has 0 N–H and O–H groups in total. The zero-order chi connectivity index (χ0) is 21.1. The quantitative estimate of drug-likeness (QED) is 0.642. The summed E-state index contributed by atoms with van der Waals surface area (Å²) in [7, 11) is 0. The molecular weight excluding hydrogens is 374 g/mol. The van der Waals surface area contributed by atoms with E-state index in [9.17, 15) is 4.79 Å². The van der Waals surface area contributed by atoms with Gasteiger partial charge in [0.05, 0.1) is 22.6 Å². The van der Waals surface area contributed by atoms with Gasteiger partial charge in [0.1, 0.15) is 0 Å². The van der Waals surface area contributed by atoms with Crippen LogP contribution in [0.15, 0.2) is 48.8 Å². The minimum absolute atomic E-state index is 0.0933. The molecule has 6 heteroatoms. The summed E-state index contributed by atoms with van der Waals surface area (Å²) in [5.74, 6) is 0.551. The number of amides is 1. The molecule has 4 rings (SSSR count). The first-order valence-electron chi connectivity index (χ1n) is 10.7. The van der Waals surface area contributed by atoms with Crippen LogP contribution >= 0.6 is 0 Å². The monoisotopic (exact) mass is 403 g/mol. The van der Waals surface area contributed by atoms with Gasteiger partial charge in [-0.05, 0) is 75.8 Å². The van der Waals surface area contributed by atoms with Gasteiger partial charge >= 0.3 is 0 Å². The SMILES string of the molecule is Cc1ccc(-n2cccn2)c(C(=O)N2CCC[C@@H](C)C2CCc2ccc(C)nn2)c1. The summed E-state index contributed by atoms with van der Waals surface area (Å²) in [5.41, 5.74) is 4.53. The number of benzene rings is 1. The Balaban J connectivity index is 1.60. The summed E-state index contributed by atoms with van der Waals surface area (Å²) in [5, 5.41) is 12.8. The molecule has 2 aromatic heterocycles. The molecule has 0 aliphatic carbocycles. The second-order valence-corrected chi connectivity index (χ2v) is 8.36. The van der Waals surface area contributed by atoms with Crippen molar-refractivity contribution in [2.24, 2.45) is 5.92 Å². The van der Waals surface area contributed by atoms with Crippen molar-refractivity contribution in [1.29, 1.82) is 0 Å². The number of nitrogens with zero attached hydrogens (tertiary/aromatic N) is 5. The highest BCUT2D eigenvalue weighted by Gasteiger charge is 2.33. The molecule has 1 fully saturated rings. The summed E-state index contributed by atoms with van der Waals surface area (Å²) in [6.45, 7) is 7.02. The maximum absolute atomic E-state index is 13.7. The molecular formula is C24H29N5O. The molecule has 1 aromatic carbocycles. The summed E-state index contributed by atoms with van der Waals surface area (Å²) in [6.07, 6.45) is 7.53. The molecule has 1 aliphatic heterocycles.